The van der Waals surface area contributed by atoms with Crippen molar-refractivity contribution in [1.82, 2.24) is 0 Å². The van der Waals surface area contributed by atoms with Crippen LogP contribution in [0.2, 0.25) is 0 Å². The second-order valence-electron chi connectivity index (χ2n) is 8.93. The van der Waals surface area contributed by atoms with Gasteiger partial charge in [0.2, 0.25) is 6.29 Å². The van der Waals surface area contributed by atoms with Gasteiger partial charge in [-0.05, 0) is 17.7 Å². The number of rotatable bonds is 10. The maximum Gasteiger partial charge on any atom is 0.337 e. The summed E-state index contributed by atoms with van der Waals surface area (Å²) in [6.45, 7) is -0.739. The van der Waals surface area contributed by atoms with E-state index in [9.17, 15) is 39.9 Å². The molecule has 2 aliphatic rings. The van der Waals surface area contributed by atoms with Crippen LogP contribution in [0.3, 0.4) is 0 Å². The van der Waals surface area contributed by atoms with Gasteiger partial charge in [-0.1, -0.05) is 12.1 Å². The van der Waals surface area contributed by atoms with Gasteiger partial charge in [0.25, 0.3) is 0 Å². The van der Waals surface area contributed by atoms with E-state index in [4.69, 9.17) is 28.4 Å². The monoisotopic (exact) mass is 568 g/mol. The second kappa shape index (κ2) is 14.2. The average Bonchev–Trinajstić information content (AvgIpc) is 2.95. The molecular formula is C26H32O14. The van der Waals surface area contributed by atoms with Crippen LogP contribution in [0, 0.1) is 5.92 Å². The zero-order valence-corrected chi connectivity index (χ0v) is 21.7. The first-order valence-corrected chi connectivity index (χ1v) is 12.2. The molecule has 3 rings (SSSR count). The molecule has 0 spiro atoms. The molecule has 0 aromatic heterocycles. The fraction of sp³-hybridized carbons (Fsp3) is 0.500. The largest absolute Gasteiger partial charge is 0.508 e. The van der Waals surface area contributed by atoms with Crippen LogP contribution >= 0.6 is 0 Å². The van der Waals surface area contributed by atoms with Crippen LogP contribution in [0.4, 0.5) is 0 Å². The van der Waals surface area contributed by atoms with Gasteiger partial charge in [0, 0.05) is 24.0 Å². The smallest absolute Gasteiger partial charge is 0.337 e. The normalized spacial score (nSPS) is 29.2. The van der Waals surface area contributed by atoms with E-state index in [1.807, 2.05) is 0 Å². The summed E-state index contributed by atoms with van der Waals surface area (Å²) in [6.07, 6.45) is -7.93. The van der Waals surface area contributed by atoms with Crippen LogP contribution in [-0.2, 0) is 49.2 Å². The minimum atomic E-state index is -1.80. The molecule has 2 aliphatic heterocycles. The molecule has 7 unspecified atom stereocenters. The highest BCUT2D eigenvalue weighted by Crippen LogP contribution is 2.36. The molecule has 40 heavy (non-hydrogen) atoms. The molecule has 220 valence electrons. The molecule has 0 bridgehead atoms. The van der Waals surface area contributed by atoms with Crippen LogP contribution in [-0.4, -0.2) is 108 Å². The van der Waals surface area contributed by atoms with Crippen LogP contribution in [0.15, 0.2) is 47.7 Å². The van der Waals surface area contributed by atoms with Crippen molar-refractivity contribution in [1.29, 1.82) is 0 Å². The Bertz CT molecular complexity index is 1100. The first-order valence-electron chi connectivity index (χ1n) is 12.2. The molecule has 1 aromatic rings. The van der Waals surface area contributed by atoms with Crippen molar-refractivity contribution >= 4 is 17.9 Å². The van der Waals surface area contributed by atoms with Gasteiger partial charge in [-0.3, -0.25) is 4.79 Å². The van der Waals surface area contributed by atoms with Gasteiger partial charge in [-0.25, -0.2) is 9.59 Å². The Morgan fingerprint density at radius 3 is 2.33 bits per heavy atom. The Labute approximate surface area is 228 Å². The molecule has 2 heterocycles. The van der Waals surface area contributed by atoms with E-state index in [0.717, 1.165) is 32.1 Å². The number of carbonyl (C=O) groups excluding carboxylic acids is 3. The van der Waals surface area contributed by atoms with Gasteiger partial charge in [0.1, 0.15) is 30.2 Å². The summed E-state index contributed by atoms with van der Waals surface area (Å²) in [5.41, 5.74) is 0.551. The minimum absolute atomic E-state index is 0.0229. The number of methoxy groups -OCH3 is 2. The highest BCUT2D eigenvalue weighted by molar-refractivity contribution is 5.92. The number of ether oxygens (including phenoxy) is 6. The summed E-state index contributed by atoms with van der Waals surface area (Å²) in [5.74, 6) is -3.59. The van der Waals surface area contributed by atoms with Crippen molar-refractivity contribution < 1.29 is 68.3 Å². The van der Waals surface area contributed by atoms with Crippen LogP contribution in [0.1, 0.15) is 12.0 Å². The topological polar surface area (TPSA) is 208 Å². The number of esters is 3. The standard InChI is InChI=1S/C26H32O14/c1-35-19(29)10-16-15(9-20(30)37-8-7-13-3-5-14(28)6-4-13)17(24(34)36-2)12-38-25(16)40-26-23(33)22(32)21(31)18(11-27)39-26/h3-6,10,12,15,18,21-23,25-28,31-33H,7-9,11H2,1-2H3/b16-10-. The van der Waals surface area contributed by atoms with Crippen molar-refractivity contribution in [3.8, 4) is 5.75 Å². The molecule has 0 saturated carbocycles. The van der Waals surface area contributed by atoms with Crippen molar-refractivity contribution in [3.05, 3.63) is 53.3 Å². The fourth-order valence-corrected chi connectivity index (χ4v) is 4.12. The first kappa shape index (κ1) is 31.0. The zero-order chi connectivity index (χ0) is 29.4. The summed E-state index contributed by atoms with van der Waals surface area (Å²) >= 11 is 0. The molecule has 7 atom stereocenters. The van der Waals surface area contributed by atoms with Gasteiger partial charge in [-0.15, -0.1) is 0 Å². The number of hydrogen-bond donors (Lipinski definition) is 5. The highest BCUT2D eigenvalue weighted by Gasteiger charge is 2.47. The number of hydrogen-bond acceptors (Lipinski definition) is 14. The van der Waals surface area contributed by atoms with E-state index in [1.165, 1.54) is 12.1 Å². The van der Waals surface area contributed by atoms with E-state index in [1.54, 1.807) is 12.1 Å². The Hall–Kier alpha value is -3.53. The number of benzene rings is 1. The van der Waals surface area contributed by atoms with Crippen molar-refractivity contribution in [2.45, 2.75) is 49.8 Å². The molecule has 0 amide bonds. The molecule has 0 radical (unpaired) electrons. The van der Waals surface area contributed by atoms with Crippen molar-refractivity contribution in [2.75, 3.05) is 27.4 Å². The quantitative estimate of drug-likeness (QED) is 0.128. The Balaban J connectivity index is 1.83. The summed E-state index contributed by atoms with van der Waals surface area (Å²) in [5, 5.41) is 49.3. The lowest BCUT2D eigenvalue weighted by Gasteiger charge is -2.41. The summed E-state index contributed by atoms with van der Waals surface area (Å²) in [6, 6.07) is 6.31. The molecule has 0 aliphatic carbocycles. The highest BCUT2D eigenvalue weighted by atomic mass is 16.8. The van der Waals surface area contributed by atoms with Crippen LogP contribution in [0.25, 0.3) is 0 Å². The molecule has 14 heteroatoms. The van der Waals surface area contributed by atoms with E-state index < -0.39 is 73.8 Å². The van der Waals surface area contributed by atoms with Gasteiger partial charge in [0.15, 0.2) is 6.29 Å². The zero-order valence-electron chi connectivity index (χ0n) is 21.7. The Morgan fingerprint density at radius 2 is 1.70 bits per heavy atom. The predicted octanol–water partition coefficient (Wildman–Crippen LogP) is -1.19. The van der Waals surface area contributed by atoms with Crippen molar-refractivity contribution in [2.24, 2.45) is 5.92 Å². The van der Waals surface area contributed by atoms with Crippen LogP contribution in [0.5, 0.6) is 5.75 Å². The first-order chi connectivity index (χ1) is 19.1. The summed E-state index contributed by atoms with van der Waals surface area (Å²) < 4.78 is 31.3. The molecule has 1 fully saturated rings. The maximum absolute atomic E-state index is 12.8. The van der Waals surface area contributed by atoms with E-state index >= 15 is 0 Å². The SMILES string of the molecule is COC(=O)/C=C1\C(OC2OC(CO)C(O)C(O)C2O)OC=C(C(=O)OC)C1CC(=O)OCCc1ccc(O)cc1. The third-order valence-corrected chi connectivity index (χ3v) is 6.34. The molecule has 14 nitrogen and oxygen atoms in total. The molecule has 1 saturated heterocycles. The number of carbonyl (C=O) groups is 3. The second-order valence-corrected chi connectivity index (χ2v) is 8.93. The van der Waals surface area contributed by atoms with Crippen LogP contribution < -0.4 is 0 Å². The summed E-state index contributed by atoms with van der Waals surface area (Å²) in [4.78, 5) is 37.6. The van der Waals surface area contributed by atoms with E-state index in [-0.39, 0.29) is 23.5 Å². The lowest BCUT2D eigenvalue weighted by molar-refractivity contribution is -0.327. The number of phenolic OH excluding ortho intramolecular Hbond substituents is 1. The van der Waals surface area contributed by atoms with Gasteiger partial charge in [0.05, 0.1) is 45.7 Å². The van der Waals surface area contributed by atoms with Gasteiger partial charge >= 0.3 is 17.9 Å². The van der Waals surface area contributed by atoms with Gasteiger partial charge in [-0.2, -0.15) is 0 Å². The van der Waals surface area contributed by atoms with E-state index in [2.05, 4.69) is 0 Å². The Kier molecular flexibility index (Phi) is 11.0. The molecular weight excluding hydrogens is 536 g/mol. The molecule has 1 aromatic carbocycles. The van der Waals surface area contributed by atoms with E-state index in [0.29, 0.717) is 6.42 Å². The third-order valence-electron chi connectivity index (χ3n) is 6.34. The number of phenols is 1. The third kappa shape index (κ3) is 7.56. The average molecular weight is 569 g/mol. The maximum atomic E-state index is 12.8. The number of aliphatic hydroxyl groups excluding tert-OH is 4. The number of aromatic hydroxyl groups is 1. The van der Waals surface area contributed by atoms with Crippen molar-refractivity contribution in [3.63, 3.8) is 0 Å². The van der Waals surface area contributed by atoms with Gasteiger partial charge < -0.3 is 54.0 Å². The fourth-order valence-electron chi connectivity index (χ4n) is 4.12. The molecule has 5 N–H and O–H groups in total. The lowest BCUT2D eigenvalue weighted by atomic mass is 9.86. The lowest BCUT2D eigenvalue weighted by Crippen LogP contribution is -2.60. The summed E-state index contributed by atoms with van der Waals surface area (Å²) in [7, 11) is 2.20. The predicted molar refractivity (Wildman–Crippen MR) is 131 cm³/mol. The number of aliphatic hydroxyl groups is 4. The Morgan fingerprint density at radius 1 is 1.00 bits per heavy atom. The minimum Gasteiger partial charge on any atom is -0.508 e.